The number of benzene rings is 1. The first-order valence-electron chi connectivity index (χ1n) is 8.54. The second-order valence-electron chi connectivity index (χ2n) is 6.36. The molecule has 1 aliphatic rings. The van der Waals surface area contributed by atoms with Crippen molar-refractivity contribution in [2.75, 3.05) is 0 Å². The summed E-state index contributed by atoms with van der Waals surface area (Å²) in [5.74, 6) is 1.23. The molecule has 9 heteroatoms. The van der Waals surface area contributed by atoms with Gasteiger partial charge in [-0.15, -0.1) is 0 Å². The number of aromatic nitrogens is 4. The van der Waals surface area contributed by atoms with Crippen molar-refractivity contribution in [3.63, 3.8) is 0 Å². The van der Waals surface area contributed by atoms with Crippen LogP contribution in [0.15, 0.2) is 46.4 Å². The van der Waals surface area contributed by atoms with E-state index in [2.05, 4.69) is 20.2 Å². The molecule has 28 heavy (non-hydrogen) atoms. The summed E-state index contributed by atoms with van der Waals surface area (Å²) in [7, 11) is 1.91. The summed E-state index contributed by atoms with van der Waals surface area (Å²) in [6.45, 7) is 1.89. The van der Waals surface area contributed by atoms with Gasteiger partial charge in [-0.3, -0.25) is 4.68 Å². The molecule has 0 radical (unpaired) electrons. The van der Waals surface area contributed by atoms with E-state index >= 15 is 0 Å². The Kier molecular flexibility index (Phi) is 4.78. The van der Waals surface area contributed by atoms with Crippen LogP contribution in [0.5, 0.6) is 0 Å². The number of aliphatic imine (C=N–C) groups is 2. The van der Waals surface area contributed by atoms with Crippen molar-refractivity contribution >= 4 is 46.9 Å². The molecule has 1 aliphatic heterocycles. The third kappa shape index (κ3) is 3.34. The molecule has 0 aliphatic carbocycles. The van der Waals surface area contributed by atoms with Crippen LogP contribution in [0.4, 0.5) is 5.82 Å². The maximum Gasteiger partial charge on any atom is 0.178 e. The van der Waals surface area contributed by atoms with Crippen molar-refractivity contribution in [2.45, 2.75) is 13.3 Å². The Morgan fingerprint density at radius 3 is 2.61 bits per heavy atom. The molecular weight excluding hydrogens is 397 g/mol. The molecule has 0 unspecified atom stereocenters. The van der Waals surface area contributed by atoms with Crippen LogP contribution in [0.2, 0.25) is 10.2 Å². The predicted molar refractivity (Wildman–Crippen MR) is 113 cm³/mol. The van der Waals surface area contributed by atoms with Crippen molar-refractivity contribution in [3.05, 3.63) is 57.8 Å². The summed E-state index contributed by atoms with van der Waals surface area (Å²) in [6.07, 6.45) is 3.69. The third-order valence-electron chi connectivity index (χ3n) is 4.43. The fourth-order valence-corrected chi connectivity index (χ4v) is 3.62. The average Bonchev–Trinajstić information content (AvgIpc) is 3.27. The van der Waals surface area contributed by atoms with E-state index < -0.39 is 0 Å². The molecule has 142 valence electrons. The Balaban J connectivity index is 1.71. The smallest absolute Gasteiger partial charge is 0.178 e. The number of hydrogen-bond donors (Lipinski definition) is 1. The lowest BCUT2D eigenvalue weighted by atomic mass is 10.0. The second-order valence-corrected chi connectivity index (χ2v) is 7.19. The molecule has 4 rings (SSSR count). The van der Waals surface area contributed by atoms with E-state index in [9.17, 15) is 0 Å². The van der Waals surface area contributed by atoms with Gasteiger partial charge < -0.3 is 5.73 Å². The number of nitrogens with two attached hydrogens (primary N) is 1. The summed E-state index contributed by atoms with van der Waals surface area (Å²) in [4.78, 5) is 8.88. The molecule has 3 heterocycles. The average molecular weight is 414 g/mol. The topological polar surface area (TPSA) is 86.4 Å². The van der Waals surface area contributed by atoms with Crippen LogP contribution < -0.4 is 5.73 Å². The SMILES string of the molecule is Cc1cc(Cl)nn1C(=CC1=Nc2nn(C)c(-c3ccc(Cl)cc3)c2C1)N=CN. The van der Waals surface area contributed by atoms with E-state index in [-0.39, 0.29) is 0 Å². The monoisotopic (exact) mass is 413 g/mol. The van der Waals surface area contributed by atoms with Crippen LogP contribution in [-0.2, 0) is 13.5 Å². The van der Waals surface area contributed by atoms with Crippen molar-refractivity contribution in [1.82, 2.24) is 19.6 Å². The standard InChI is InChI=1S/C19H17Cl2N7/c1-11-7-16(21)25-28(11)17(23-10-22)9-14-8-15-18(27(2)26-19(15)24-14)12-3-5-13(20)6-4-12/h3-7,9-10H,8H2,1-2H3,(H2,22,23). The number of halogens is 2. The van der Waals surface area contributed by atoms with Crippen LogP contribution in [0.25, 0.3) is 17.1 Å². The Bertz CT molecular complexity index is 1130. The van der Waals surface area contributed by atoms with Crippen LogP contribution in [0.1, 0.15) is 11.3 Å². The zero-order chi connectivity index (χ0) is 19.8. The Hall–Kier alpha value is -2.90. The molecule has 2 aromatic heterocycles. The van der Waals surface area contributed by atoms with E-state index in [1.54, 1.807) is 10.7 Å². The van der Waals surface area contributed by atoms with Gasteiger partial charge in [-0.25, -0.2) is 14.7 Å². The van der Waals surface area contributed by atoms with E-state index in [4.69, 9.17) is 28.9 Å². The van der Waals surface area contributed by atoms with E-state index in [0.717, 1.165) is 28.2 Å². The van der Waals surface area contributed by atoms with Gasteiger partial charge in [0.2, 0.25) is 0 Å². The van der Waals surface area contributed by atoms with Crippen LogP contribution >= 0.6 is 23.2 Å². The predicted octanol–water partition coefficient (Wildman–Crippen LogP) is 4.01. The molecule has 7 nitrogen and oxygen atoms in total. The maximum atomic E-state index is 6.02. The van der Waals surface area contributed by atoms with Gasteiger partial charge in [0.25, 0.3) is 0 Å². The van der Waals surface area contributed by atoms with Crippen molar-refractivity contribution < 1.29 is 0 Å². The van der Waals surface area contributed by atoms with Crippen molar-refractivity contribution in [3.8, 4) is 11.3 Å². The first-order valence-corrected chi connectivity index (χ1v) is 9.29. The highest BCUT2D eigenvalue weighted by molar-refractivity contribution is 6.30. The summed E-state index contributed by atoms with van der Waals surface area (Å²) in [6, 6.07) is 9.45. The minimum absolute atomic E-state index is 0.389. The lowest BCUT2D eigenvalue weighted by Gasteiger charge is -2.06. The number of nitrogens with zero attached hydrogens (tertiary/aromatic N) is 6. The van der Waals surface area contributed by atoms with E-state index in [0.29, 0.717) is 28.2 Å². The number of fused-ring (bicyclic) bond motifs is 1. The highest BCUT2D eigenvalue weighted by Gasteiger charge is 2.24. The number of hydrogen-bond acceptors (Lipinski definition) is 4. The molecule has 0 saturated carbocycles. The van der Waals surface area contributed by atoms with Gasteiger partial charge in [0, 0.05) is 41.4 Å². The Morgan fingerprint density at radius 1 is 1.21 bits per heavy atom. The largest absolute Gasteiger partial charge is 0.390 e. The van der Waals surface area contributed by atoms with E-state index in [1.807, 2.05) is 49.0 Å². The molecule has 3 aromatic rings. The lowest BCUT2D eigenvalue weighted by molar-refractivity contribution is 0.776. The molecular formula is C19H17Cl2N7. The molecule has 0 fully saturated rings. The van der Waals surface area contributed by atoms with Crippen molar-refractivity contribution in [1.29, 1.82) is 0 Å². The van der Waals surface area contributed by atoms with Crippen LogP contribution in [0, 0.1) is 6.92 Å². The lowest BCUT2D eigenvalue weighted by Crippen LogP contribution is -2.06. The fraction of sp³-hybridized carbons (Fsp3) is 0.158. The van der Waals surface area contributed by atoms with Gasteiger partial charge in [-0.05, 0) is 25.1 Å². The summed E-state index contributed by atoms with van der Waals surface area (Å²) >= 11 is 12.0. The number of rotatable bonds is 4. The van der Waals surface area contributed by atoms with E-state index in [1.165, 1.54) is 6.34 Å². The first-order chi connectivity index (χ1) is 13.5. The summed E-state index contributed by atoms with van der Waals surface area (Å²) in [5, 5.41) is 9.88. The Morgan fingerprint density at radius 2 is 1.96 bits per heavy atom. The van der Waals surface area contributed by atoms with Gasteiger partial charge in [0.05, 0.1) is 17.7 Å². The third-order valence-corrected chi connectivity index (χ3v) is 4.86. The summed E-state index contributed by atoms with van der Waals surface area (Å²) < 4.78 is 3.47. The van der Waals surface area contributed by atoms with Crippen LogP contribution in [-0.4, -0.2) is 31.6 Å². The first kappa shape index (κ1) is 18.5. The molecule has 2 N–H and O–H groups in total. The molecule has 0 atom stereocenters. The van der Waals surface area contributed by atoms with Gasteiger partial charge in [0.1, 0.15) is 0 Å². The summed E-state index contributed by atoms with van der Waals surface area (Å²) in [5.41, 5.74) is 10.3. The maximum absolute atomic E-state index is 6.02. The molecule has 1 aromatic carbocycles. The van der Waals surface area contributed by atoms with Crippen molar-refractivity contribution in [2.24, 2.45) is 22.8 Å². The number of allylic oxidation sites excluding steroid dienone is 1. The second kappa shape index (κ2) is 7.26. The normalized spacial score (nSPS) is 14.0. The quantitative estimate of drug-likeness (QED) is 0.517. The molecule has 0 bridgehead atoms. The minimum Gasteiger partial charge on any atom is -0.390 e. The highest BCUT2D eigenvalue weighted by Crippen LogP contribution is 2.35. The zero-order valence-electron chi connectivity index (χ0n) is 15.3. The van der Waals surface area contributed by atoms with Gasteiger partial charge in [-0.2, -0.15) is 10.2 Å². The van der Waals surface area contributed by atoms with Gasteiger partial charge >= 0.3 is 0 Å². The molecule has 0 saturated heterocycles. The molecule has 0 spiro atoms. The van der Waals surface area contributed by atoms with Crippen LogP contribution in [0.3, 0.4) is 0 Å². The molecule has 0 amide bonds. The van der Waals surface area contributed by atoms with Gasteiger partial charge in [-0.1, -0.05) is 35.3 Å². The number of aryl methyl sites for hydroxylation is 2. The minimum atomic E-state index is 0.389. The zero-order valence-corrected chi connectivity index (χ0v) is 16.8. The van der Waals surface area contributed by atoms with Gasteiger partial charge in [0.15, 0.2) is 16.8 Å². The Labute approximate surface area is 171 Å². The fourth-order valence-electron chi connectivity index (χ4n) is 3.26. The highest BCUT2D eigenvalue weighted by atomic mass is 35.5.